The van der Waals surface area contributed by atoms with Crippen LogP contribution in [0.4, 0.5) is 0 Å². The minimum Gasteiger partial charge on any atom is -0.491 e. The number of aromatic nitrogens is 1. The van der Waals surface area contributed by atoms with Gasteiger partial charge in [0.15, 0.2) is 0 Å². The maximum Gasteiger partial charge on any atom is 0.124 e. The van der Waals surface area contributed by atoms with Crippen LogP contribution in [0.2, 0.25) is 0 Å². The van der Waals surface area contributed by atoms with Crippen molar-refractivity contribution in [1.29, 1.82) is 5.41 Å². The van der Waals surface area contributed by atoms with Crippen molar-refractivity contribution in [1.82, 2.24) is 4.57 Å². The summed E-state index contributed by atoms with van der Waals surface area (Å²) in [6.07, 6.45) is 4.54. The van der Waals surface area contributed by atoms with Crippen LogP contribution in [0.15, 0.2) is 42.6 Å². The van der Waals surface area contributed by atoms with E-state index >= 15 is 0 Å². The highest BCUT2D eigenvalue weighted by atomic mass is 16.5. The maximum atomic E-state index is 10.1. The average molecular weight is 284 g/mol. The number of nitrogens with zero attached hydrogens (tertiary/aromatic N) is 1. The Morgan fingerprint density at radius 2 is 2.10 bits per heavy atom. The van der Waals surface area contributed by atoms with Gasteiger partial charge in [0.2, 0.25) is 0 Å². The van der Waals surface area contributed by atoms with Crippen molar-refractivity contribution in [2.24, 2.45) is 0 Å². The Balaban J connectivity index is 1.62. The first-order valence-electron chi connectivity index (χ1n) is 7.36. The van der Waals surface area contributed by atoms with Gasteiger partial charge >= 0.3 is 0 Å². The first kappa shape index (κ1) is 13.9. The molecule has 1 aliphatic rings. The van der Waals surface area contributed by atoms with E-state index in [1.54, 1.807) is 16.8 Å². The van der Waals surface area contributed by atoms with E-state index in [0.29, 0.717) is 12.0 Å². The monoisotopic (exact) mass is 284 g/mol. The van der Waals surface area contributed by atoms with E-state index in [2.05, 4.69) is 6.07 Å². The predicted octanol–water partition coefficient (Wildman–Crippen LogP) is 1.90. The van der Waals surface area contributed by atoms with Crippen LogP contribution in [0, 0.1) is 5.41 Å². The first-order chi connectivity index (χ1) is 10.2. The van der Waals surface area contributed by atoms with Crippen molar-refractivity contribution in [2.45, 2.75) is 31.9 Å². The number of pyridine rings is 1. The molecule has 21 heavy (non-hydrogen) atoms. The molecule has 0 amide bonds. The van der Waals surface area contributed by atoms with Gasteiger partial charge in [0, 0.05) is 6.20 Å². The van der Waals surface area contributed by atoms with Crippen LogP contribution < -0.4 is 10.2 Å². The number of aliphatic hydroxyl groups excluding tert-OH is 1. The molecule has 2 N–H and O–H groups in total. The lowest BCUT2D eigenvalue weighted by Crippen LogP contribution is -2.29. The quantitative estimate of drug-likeness (QED) is 0.881. The lowest BCUT2D eigenvalue weighted by molar-refractivity contribution is 0.0908. The third-order valence-electron chi connectivity index (χ3n) is 3.88. The number of aliphatic hydroxyl groups is 1. The molecule has 0 saturated heterocycles. The summed E-state index contributed by atoms with van der Waals surface area (Å²) >= 11 is 0. The fourth-order valence-corrected chi connectivity index (χ4v) is 2.82. The Labute approximate surface area is 124 Å². The number of nitrogens with one attached hydrogen (secondary N) is 1. The highest BCUT2D eigenvalue weighted by Gasteiger charge is 2.16. The highest BCUT2D eigenvalue weighted by Crippen LogP contribution is 2.30. The average Bonchev–Trinajstić information content (AvgIpc) is 2.96. The first-order valence-corrected chi connectivity index (χ1v) is 7.36. The summed E-state index contributed by atoms with van der Waals surface area (Å²) in [6, 6.07) is 11.5. The lowest BCUT2D eigenvalue weighted by Gasteiger charge is -2.16. The molecule has 0 aliphatic heterocycles. The lowest BCUT2D eigenvalue weighted by atomic mass is 10.1. The number of hydrogen-bond donors (Lipinski definition) is 2. The second-order valence-corrected chi connectivity index (χ2v) is 5.45. The molecule has 0 saturated carbocycles. The van der Waals surface area contributed by atoms with Crippen molar-refractivity contribution >= 4 is 0 Å². The van der Waals surface area contributed by atoms with E-state index in [1.807, 2.05) is 24.3 Å². The molecular formula is C17H20N2O2. The molecule has 0 radical (unpaired) electrons. The van der Waals surface area contributed by atoms with Gasteiger partial charge in [-0.15, -0.1) is 0 Å². The zero-order valence-electron chi connectivity index (χ0n) is 12.0. The molecule has 1 aromatic carbocycles. The van der Waals surface area contributed by atoms with Crippen LogP contribution in [0.5, 0.6) is 5.75 Å². The van der Waals surface area contributed by atoms with Crippen LogP contribution in [-0.4, -0.2) is 22.4 Å². The second kappa shape index (κ2) is 6.14. The molecule has 0 bridgehead atoms. The third-order valence-corrected chi connectivity index (χ3v) is 3.88. The molecule has 3 rings (SSSR count). The van der Waals surface area contributed by atoms with Crippen LogP contribution in [0.25, 0.3) is 0 Å². The molecular weight excluding hydrogens is 264 g/mol. The molecule has 4 heteroatoms. The highest BCUT2D eigenvalue weighted by molar-refractivity contribution is 5.43. The van der Waals surface area contributed by atoms with Crippen molar-refractivity contribution in [2.75, 3.05) is 6.61 Å². The number of fused-ring (bicyclic) bond motifs is 1. The Morgan fingerprint density at radius 3 is 2.95 bits per heavy atom. The number of hydrogen-bond acceptors (Lipinski definition) is 3. The fraction of sp³-hybridized carbons (Fsp3) is 0.353. The van der Waals surface area contributed by atoms with Crippen LogP contribution in [-0.2, 0) is 19.4 Å². The molecule has 1 heterocycles. The Kier molecular flexibility index (Phi) is 4.06. The van der Waals surface area contributed by atoms with Crippen molar-refractivity contribution in [3.8, 4) is 5.75 Å². The molecule has 110 valence electrons. The Bertz CT molecular complexity index is 678. The molecule has 1 atom stereocenters. The number of benzene rings is 1. The number of ether oxygens (including phenoxy) is 1. The van der Waals surface area contributed by atoms with E-state index in [4.69, 9.17) is 10.1 Å². The Morgan fingerprint density at radius 1 is 1.19 bits per heavy atom. The van der Waals surface area contributed by atoms with Gasteiger partial charge in [-0.3, -0.25) is 5.41 Å². The summed E-state index contributed by atoms with van der Waals surface area (Å²) in [6.45, 7) is 0.618. The Hall–Kier alpha value is -2.07. The summed E-state index contributed by atoms with van der Waals surface area (Å²) in [5.41, 5.74) is 3.04. The summed E-state index contributed by atoms with van der Waals surface area (Å²) < 4.78 is 7.51. The number of aryl methyl sites for hydroxylation is 1. The predicted molar refractivity (Wildman–Crippen MR) is 80.3 cm³/mol. The zero-order valence-corrected chi connectivity index (χ0v) is 12.0. The van der Waals surface area contributed by atoms with Gasteiger partial charge in [-0.25, -0.2) is 0 Å². The molecule has 0 spiro atoms. The topological polar surface area (TPSA) is 58.2 Å². The van der Waals surface area contributed by atoms with Gasteiger partial charge in [0.05, 0.1) is 6.54 Å². The molecule has 1 aromatic heterocycles. The van der Waals surface area contributed by atoms with Crippen molar-refractivity contribution in [3.63, 3.8) is 0 Å². The number of rotatable bonds is 5. The minimum atomic E-state index is -0.626. The SMILES string of the molecule is N=c1ccccn1CC(O)COc1cccc2c1CCC2. The van der Waals surface area contributed by atoms with Gasteiger partial charge in [-0.05, 0) is 48.6 Å². The van der Waals surface area contributed by atoms with Gasteiger partial charge in [-0.1, -0.05) is 18.2 Å². The molecule has 2 aromatic rings. The summed E-state index contributed by atoms with van der Waals surface area (Å²) in [5.74, 6) is 0.896. The smallest absolute Gasteiger partial charge is 0.124 e. The van der Waals surface area contributed by atoms with Gasteiger partial charge in [0.25, 0.3) is 0 Å². The second-order valence-electron chi connectivity index (χ2n) is 5.45. The summed E-state index contributed by atoms with van der Waals surface area (Å²) in [7, 11) is 0. The van der Waals surface area contributed by atoms with E-state index < -0.39 is 6.10 Å². The fourth-order valence-electron chi connectivity index (χ4n) is 2.82. The minimum absolute atomic E-state index is 0.248. The molecule has 1 aliphatic carbocycles. The third kappa shape index (κ3) is 3.16. The van der Waals surface area contributed by atoms with Gasteiger partial charge < -0.3 is 14.4 Å². The van der Waals surface area contributed by atoms with Crippen LogP contribution in [0.3, 0.4) is 0 Å². The van der Waals surface area contributed by atoms with Crippen molar-refractivity contribution in [3.05, 3.63) is 59.2 Å². The molecule has 4 nitrogen and oxygen atoms in total. The largest absolute Gasteiger partial charge is 0.491 e. The van der Waals surface area contributed by atoms with Crippen LogP contribution in [0.1, 0.15) is 17.5 Å². The molecule has 0 fully saturated rings. The van der Waals surface area contributed by atoms with Gasteiger partial charge in [0.1, 0.15) is 23.9 Å². The van der Waals surface area contributed by atoms with Gasteiger partial charge in [-0.2, -0.15) is 0 Å². The van der Waals surface area contributed by atoms with Crippen molar-refractivity contribution < 1.29 is 9.84 Å². The maximum absolute atomic E-state index is 10.1. The zero-order chi connectivity index (χ0) is 14.7. The standard InChI is InChI=1S/C17H20N2O2/c18-17-9-1-2-10-19(17)11-14(20)12-21-16-8-4-6-13-5-3-7-15(13)16/h1-2,4,6,8-10,14,18,20H,3,5,7,11-12H2. The summed E-state index contributed by atoms with van der Waals surface area (Å²) in [5, 5.41) is 17.9. The van der Waals surface area contributed by atoms with E-state index in [9.17, 15) is 5.11 Å². The summed E-state index contributed by atoms with van der Waals surface area (Å²) in [4.78, 5) is 0. The van der Waals surface area contributed by atoms with E-state index in [0.717, 1.165) is 18.6 Å². The van der Waals surface area contributed by atoms with E-state index in [1.165, 1.54) is 17.5 Å². The van der Waals surface area contributed by atoms with Crippen LogP contribution >= 0.6 is 0 Å². The normalized spacial score (nSPS) is 14.7. The van der Waals surface area contributed by atoms with E-state index in [-0.39, 0.29) is 6.61 Å². The molecule has 1 unspecified atom stereocenters.